The predicted molar refractivity (Wildman–Crippen MR) is 120 cm³/mol. The molecule has 4 aromatic rings. The Labute approximate surface area is 180 Å². The number of aryl methyl sites for hydroxylation is 2. The van der Waals surface area contributed by atoms with Gasteiger partial charge in [0.1, 0.15) is 17.4 Å². The fraction of sp³-hybridized carbons (Fsp3) is 0.208. The topological polar surface area (TPSA) is 103 Å². The molecule has 0 saturated heterocycles. The van der Waals surface area contributed by atoms with Crippen LogP contribution in [0.1, 0.15) is 32.7 Å². The zero-order valence-electron chi connectivity index (χ0n) is 17.5. The van der Waals surface area contributed by atoms with E-state index in [2.05, 4.69) is 25.6 Å². The first kappa shape index (κ1) is 20.4. The first-order valence-corrected chi connectivity index (χ1v) is 10.2. The van der Waals surface area contributed by atoms with E-state index in [4.69, 9.17) is 0 Å². The van der Waals surface area contributed by atoms with Gasteiger partial charge < -0.3 is 20.6 Å². The summed E-state index contributed by atoms with van der Waals surface area (Å²) in [7, 11) is 0. The summed E-state index contributed by atoms with van der Waals surface area (Å²) >= 11 is 0. The molecule has 158 valence electrons. The van der Waals surface area contributed by atoms with E-state index in [1.807, 2.05) is 62.5 Å². The van der Waals surface area contributed by atoms with E-state index in [-0.39, 0.29) is 11.8 Å². The van der Waals surface area contributed by atoms with Crippen LogP contribution in [-0.4, -0.2) is 32.8 Å². The number of aromatic nitrogens is 3. The lowest BCUT2D eigenvalue weighted by Gasteiger charge is -2.19. The number of carbonyl (C=O) groups excluding carboxylic acids is 2. The summed E-state index contributed by atoms with van der Waals surface area (Å²) < 4.78 is 0. The number of hydrogen-bond donors (Lipinski definition) is 4. The standard InChI is InChI=1S/C24H25N5O2/c1-15-4-3-5-17(10-15)12-20(29-24(31)21-16(2)6-8-25-21)23(30)28-14-18-11-19-7-9-26-22(19)27-13-18/h3-11,13,20,25H,12,14H2,1-2H3,(H,26,27)(H,28,30)(H,29,31)/t20-/m0/s1. The van der Waals surface area contributed by atoms with Crippen LogP contribution in [0.2, 0.25) is 0 Å². The second-order valence-electron chi connectivity index (χ2n) is 7.73. The minimum absolute atomic E-state index is 0.242. The molecule has 0 aliphatic carbocycles. The third-order valence-electron chi connectivity index (χ3n) is 5.25. The molecule has 4 N–H and O–H groups in total. The maximum atomic E-state index is 13.0. The Morgan fingerprint density at radius 3 is 2.65 bits per heavy atom. The quantitative estimate of drug-likeness (QED) is 0.373. The molecule has 1 atom stereocenters. The Hall–Kier alpha value is -3.87. The summed E-state index contributed by atoms with van der Waals surface area (Å²) in [5.74, 6) is -0.543. The SMILES string of the molecule is Cc1cccc(C[C@H](NC(=O)c2[nH]ccc2C)C(=O)NCc2cnc3[nH]ccc3c2)c1. The van der Waals surface area contributed by atoms with Crippen LogP contribution < -0.4 is 10.6 Å². The zero-order chi connectivity index (χ0) is 21.8. The van der Waals surface area contributed by atoms with E-state index in [9.17, 15) is 9.59 Å². The van der Waals surface area contributed by atoms with Crippen LogP contribution in [0.25, 0.3) is 11.0 Å². The van der Waals surface area contributed by atoms with Crippen molar-refractivity contribution in [3.8, 4) is 0 Å². The lowest BCUT2D eigenvalue weighted by atomic mass is 10.0. The van der Waals surface area contributed by atoms with Crippen molar-refractivity contribution in [1.29, 1.82) is 0 Å². The molecule has 3 heterocycles. The highest BCUT2D eigenvalue weighted by molar-refractivity contribution is 5.97. The second-order valence-corrected chi connectivity index (χ2v) is 7.73. The lowest BCUT2D eigenvalue weighted by Crippen LogP contribution is -2.48. The molecule has 0 fully saturated rings. The molecule has 0 bridgehead atoms. The van der Waals surface area contributed by atoms with Gasteiger partial charge in [-0.2, -0.15) is 0 Å². The first-order valence-electron chi connectivity index (χ1n) is 10.2. The molecule has 0 aliphatic heterocycles. The van der Waals surface area contributed by atoms with E-state index in [1.165, 1.54) is 0 Å². The third-order valence-corrected chi connectivity index (χ3v) is 5.25. The van der Waals surface area contributed by atoms with Gasteiger partial charge in [0.2, 0.25) is 5.91 Å². The van der Waals surface area contributed by atoms with Gasteiger partial charge in [-0.3, -0.25) is 9.59 Å². The molecule has 4 rings (SSSR count). The van der Waals surface area contributed by atoms with E-state index >= 15 is 0 Å². The van der Waals surface area contributed by atoms with Crippen molar-refractivity contribution in [1.82, 2.24) is 25.6 Å². The maximum Gasteiger partial charge on any atom is 0.268 e. The Morgan fingerprint density at radius 1 is 1.03 bits per heavy atom. The Balaban J connectivity index is 1.49. The fourth-order valence-electron chi connectivity index (χ4n) is 3.60. The number of benzene rings is 1. The van der Waals surface area contributed by atoms with Crippen molar-refractivity contribution in [2.75, 3.05) is 0 Å². The maximum absolute atomic E-state index is 13.0. The van der Waals surface area contributed by atoms with E-state index in [1.54, 1.807) is 12.4 Å². The monoisotopic (exact) mass is 415 g/mol. The Kier molecular flexibility index (Phi) is 5.84. The molecule has 0 unspecified atom stereocenters. The van der Waals surface area contributed by atoms with Crippen molar-refractivity contribution in [3.05, 3.63) is 89.0 Å². The number of rotatable bonds is 7. The van der Waals surface area contributed by atoms with Crippen molar-refractivity contribution >= 4 is 22.8 Å². The Bertz CT molecular complexity index is 1220. The van der Waals surface area contributed by atoms with Gasteiger partial charge in [-0.05, 0) is 48.7 Å². The lowest BCUT2D eigenvalue weighted by molar-refractivity contribution is -0.123. The van der Waals surface area contributed by atoms with Gasteiger partial charge in [0.05, 0.1) is 0 Å². The minimum atomic E-state index is -0.707. The van der Waals surface area contributed by atoms with Gasteiger partial charge in [0.25, 0.3) is 5.91 Å². The van der Waals surface area contributed by atoms with Gasteiger partial charge >= 0.3 is 0 Å². The zero-order valence-corrected chi connectivity index (χ0v) is 17.5. The highest BCUT2D eigenvalue weighted by atomic mass is 16.2. The minimum Gasteiger partial charge on any atom is -0.357 e. The van der Waals surface area contributed by atoms with Gasteiger partial charge in [0, 0.05) is 36.9 Å². The molecule has 1 aromatic carbocycles. The Morgan fingerprint density at radius 2 is 1.87 bits per heavy atom. The van der Waals surface area contributed by atoms with Crippen LogP contribution in [0.3, 0.4) is 0 Å². The van der Waals surface area contributed by atoms with Crippen molar-refractivity contribution in [3.63, 3.8) is 0 Å². The van der Waals surface area contributed by atoms with Crippen molar-refractivity contribution < 1.29 is 9.59 Å². The third kappa shape index (κ3) is 4.83. The smallest absolute Gasteiger partial charge is 0.268 e. The molecular weight excluding hydrogens is 390 g/mol. The number of pyridine rings is 1. The highest BCUT2D eigenvalue weighted by Crippen LogP contribution is 2.12. The summed E-state index contributed by atoms with van der Waals surface area (Å²) in [6, 6.07) is 13.0. The molecule has 7 heteroatoms. The number of amides is 2. The summed E-state index contributed by atoms with van der Waals surface area (Å²) in [6.45, 7) is 4.18. The van der Waals surface area contributed by atoms with E-state index in [0.29, 0.717) is 18.7 Å². The van der Waals surface area contributed by atoms with Crippen LogP contribution in [-0.2, 0) is 17.8 Å². The summed E-state index contributed by atoms with van der Waals surface area (Å²) in [4.78, 5) is 36.1. The van der Waals surface area contributed by atoms with Gasteiger partial charge in [0.15, 0.2) is 0 Å². The number of nitrogens with zero attached hydrogens (tertiary/aromatic N) is 1. The second kappa shape index (κ2) is 8.87. The average molecular weight is 415 g/mol. The van der Waals surface area contributed by atoms with Gasteiger partial charge in [-0.15, -0.1) is 0 Å². The molecule has 0 spiro atoms. The van der Waals surface area contributed by atoms with Crippen LogP contribution in [0.4, 0.5) is 0 Å². The van der Waals surface area contributed by atoms with Crippen LogP contribution in [0.15, 0.2) is 61.1 Å². The number of H-pyrrole nitrogens is 2. The largest absolute Gasteiger partial charge is 0.357 e. The summed E-state index contributed by atoms with van der Waals surface area (Å²) in [5.41, 5.74) is 5.08. The first-order chi connectivity index (χ1) is 15.0. The van der Waals surface area contributed by atoms with Crippen molar-refractivity contribution in [2.45, 2.75) is 32.9 Å². The van der Waals surface area contributed by atoms with Crippen molar-refractivity contribution in [2.24, 2.45) is 0 Å². The molecule has 2 amide bonds. The normalized spacial score (nSPS) is 11.9. The molecule has 31 heavy (non-hydrogen) atoms. The van der Waals surface area contributed by atoms with E-state index in [0.717, 1.165) is 33.3 Å². The molecule has 0 radical (unpaired) electrons. The molecular formula is C24H25N5O2. The van der Waals surface area contributed by atoms with Crippen LogP contribution >= 0.6 is 0 Å². The fourth-order valence-corrected chi connectivity index (χ4v) is 3.60. The highest BCUT2D eigenvalue weighted by Gasteiger charge is 2.23. The summed E-state index contributed by atoms with van der Waals surface area (Å²) in [6.07, 6.45) is 5.67. The van der Waals surface area contributed by atoms with Crippen LogP contribution in [0.5, 0.6) is 0 Å². The number of aromatic amines is 2. The number of fused-ring (bicyclic) bond motifs is 1. The number of carbonyl (C=O) groups is 2. The molecule has 0 aliphatic rings. The number of nitrogens with one attached hydrogen (secondary N) is 4. The molecule has 0 saturated carbocycles. The van der Waals surface area contributed by atoms with E-state index < -0.39 is 6.04 Å². The summed E-state index contributed by atoms with van der Waals surface area (Å²) in [5, 5.41) is 6.81. The van der Waals surface area contributed by atoms with Gasteiger partial charge in [-0.1, -0.05) is 29.8 Å². The molecule has 3 aromatic heterocycles. The van der Waals surface area contributed by atoms with Gasteiger partial charge in [-0.25, -0.2) is 4.98 Å². The van der Waals surface area contributed by atoms with Crippen LogP contribution in [0, 0.1) is 13.8 Å². The predicted octanol–water partition coefficient (Wildman–Crippen LogP) is 3.17. The average Bonchev–Trinajstić information content (AvgIpc) is 3.39. The molecule has 7 nitrogen and oxygen atoms in total. The number of hydrogen-bond acceptors (Lipinski definition) is 3.